The van der Waals surface area contributed by atoms with E-state index in [-0.39, 0.29) is 0 Å². The van der Waals surface area contributed by atoms with Crippen molar-refractivity contribution in [3.8, 4) is 0 Å². The van der Waals surface area contributed by atoms with Gasteiger partial charge in [0.2, 0.25) is 0 Å². The summed E-state index contributed by atoms with van der Waals surface area (Å²) < 4.78 is 0. The summed E-state index contributed by atoms with van der Waals surface area (Å²) in [7, 11) is 0. The molecule has 0 atom stereocenters. The smallest absolute Gasteiger partial charge is 0.0616 e. The Morgan fingerprint density at radius 2 is 1.69 bits per heavy atom. The Bertz CT molecular complexity index is 206. The van der Waals surface area contributed by atoms with Gasteiger partial charge in [-0.1, -0.05) is 19.3 Å². The van der Waals surface area contributed by atoms with E-state index in [2.05, 4.69) is 35.8 Å². The summed E-state index contributed by atoms with van der Waals surface area (Å²) in [4.78, 5) is 2.99. The van der Waals surface area contributed by atoms with Crippen LogP contribution in [0.5, 0.6) is 0 Å². The van der Waals surface area contributed by atoms with E-state index in [1.807, 2.05) is 0 Å². The zero-order chi connectivity index (χ0) is 11.4. The fourth-order valence-corrected chi connectivity index (χ4v) is 4.59. The van der Waals surface area contributed by atoms with Crippen molar-refractivity contribution >= 4 is 11.8 Å². The molecule has 2 fully saturated rings. The molecule has 2 rings (SSSR count). The quantitative estimate of drug-likeness (QED) is 0.819. The molecule has 0 bridgehead atoms. The van der Waals surface area contributed by atoms with Gasteiger partial charge in [0.1, 0.15) is 0 Å². The lowest BCUT2D eigenvalue weighted by Crippen LogP contribution is -2.52. The van der Waals surface area contributed by atoms with Crippen molar-refractivity contribution in [2.75, 3.05) is 26.2 Å². The predicted octanol–water partition coefficient (Wildman–Crippen LogP) is 2.69. The number of thioether (sulfide) groups is 1. The minimum atomic E-state index is 0.337. The Hall–Kier alpha value is 0.270. The van der Waals surface area contributed by atoms with Crippen LogP contribution in [0.3, 0.4) is 0 Å². The number of hydrogen-bond donors (Lipinski definition) is 1. The van der Waals surface area contributed by atoms with Crippen LogP contribution < -0.4 is 5.32 Å². The molecular weight excluding hydrogens is 216 g/mol. The first-order valence-electron chi connectivity index (χ1n) is 6.82. The van der Waals surface area contributed by atoms with Crippen LogP contribution >= 0.6 is 11.8 Å². The molecule has 2 nitrogen and oxygen atoms in total. The lowest BCUT2D eigenvalue weighted by molar-refractivity contribution is 0.172. The van der Waals surface area contributed by atoms with Gasteiger partial charge in [0.15, 0.2) is 0 Å². The molecule has 1 aliphatic heterocycles. The Morgan fingerprint density at radius 3 is 2.31 bits per heavy atom. The third-order valence-corrected chi connectivity index (χ3v) is 5.53. The summed E-state index contributed by atoms with van der Waals surface area (Å²) in [5.41, 5.74) is 0. The van der Waals surface area contributed by atoms with E-state index in [1.54, 1.807) is 0 Å². The molecule has 1 aliphatic carbocycles. The van der Waals surface area contributed by atoms with Gasteiger partial charge in [0.25, 0.3) is 0 Å². The summed E-state index contributed by atoms with van der Waals surface area (Å²) in [6, 6.07) is 0. The van der Waals surface area contributed by atoms with Gasteiger partial charge in [-0.3, -0.25) is 4.90 Å². The molecule has 1 saturated heterocycles. The van der Waals surface area contributed by atoms with Gasteiger partial charge in [-0.15, -0.1) is 11.8 Å². The van der Waals surface area contributed by atoms with Crippen molar-refractivity contribution in [1.29, 1.82) is 0 Å². The number of rotatable bonds is 3. The van der Waals surface area contributed by atoms with Gasteiger partial charge in [0, 0.05) is 31.4 Å². The molecule has 1 N–H and O–H groups in total. The van der Waals surface area contributed by atoms with E-state index in [1.165, 1.54) is 45.2 Å². The molecule has 0 unspecified atom stereocenters. The Morgan fingerprint density at radius 1 is 1.06 bits per heavy atom. The highest BCUT2D eigenvalue weighted by Gasteiger charge is 2.31. The number of hydrogen-bond acceptors (Lipinski definition) is 3. The van der Waals surface area contributed by atoms with Crippen LogP contribution in [0.2, 0.25) is 0 Å². The first-order valence-corrected chi connectivity index (χ1v) is 7.70. The molecule has 0 aromatic carbocycles. The van der Waals surface area contributed by atoms with E-state index < -0.39 is 0 Å². The van der Waals surface area contributed by atoms with E-state index in [0.29, 0.717) is 4.87 Å². The number of piperazine rings is 1. The van der Waals surface area contributed by atoms with E-state index >= 15 is 0 Å². The Labute approximate surface area is 105 Å². The lowest BCUT2D eigenvalue weighted by atomic mass is 10.0. The van der Waals surface area contributed by atoms with Gasteiger partial charge in [-0.05, 0) is 26.7 Å². The molecule has 3 heteroatoms. The van der Waals surface area contributed by atoms with Crippen molar-refractivity contribution in [2.24, 2.45) is 0 Å². The normalized spacial score (nSPS) is 25.9. The maximum atomic E-state index is 3.44. The van der Waals surface area contributed by atoms with E-state index in [9.17, 15) is 0 Å². The Kier molecular flexibility index (Phi) is 4.57. The maximum Gasteiger partial charge on any atom is 0.0616 e. The largest absolute Gasteiger partial charge is 0.314 e. The lowest BCUT2D eigenvalue weighted by Gasteiger charge is -2.43. The van der Waals surface area contributed by atoms with Crippen molar-refractivity contribution < 1.29 is 0 Å². The highest BCUT2D eigenvalue weighted by molar-refractivity contribution is 8.01. The van der Waals surface area contributed by atoms with Crippen molar-refractivity contribution in [1.82, 2.24) is 10.2 Å². The van der Waals surface area contributed by atoms with Crippen LogP contribution in [0.25, 0.3) is 0 Å². The second kappa shape index (κ2) is 5.74. The topological polar surface area (TPSA) is 15.3 Å². The second-order valence-corrected chi connectivity index (χ2v) is 7.46. The van der Waals surface area contributed by atoms with Gasteiger partial charge < -0.3 is 5.32 Å². The standard InChI is InChI=1S/C13H26N2S/c1-13(2,15-10-8-14-9-11-15)16-12-6-4-3-5-7-12/h12,14H,3-11H2,1-2H3. The number of nitrogens with one attached hydrogen (secondary N) is 1. The van der Waals surface area contributed by atoms with Gasteiger partial charge in [-0.2, -0.15) is 0 Å². The number of nitrogens with zero attached hydrogens (tertiary/aromatic N) is 1. The van der Waals surface area contributed by atoms with Gasteiger partial charge >= 0.3 is 0 Å². The highest BCUT2D eigenvalue weighted by atomic mass is 32.2. The molecular formula is C13H26N2S. The molecule has 0 spiro atoms. The monoisotopic (exact) mass is 242 g/mol. The molecule has 16 heavy (non-hydrogen) atoms. The zero-order valence-electron chi connectivity index (χ0n) is 10.8. The van der Waals surface area contributed by atoms with Crippen molar-refractivity contribution in [3.05, 3.63) is 0 Å². The first-order chi connectivity index (χ1) is 7.68. The predicted molar refractivity (Wildman–Crippen MR) is 73.0 cm³/mol. The molecule has 94 valence electrons. The van der Waals surface area contributed by atoms with Crippen LogP contribution in [0.4, 0.5) is 0 Å². The molecule has 0 radical (unpaired) electrons. The fraction of sp³-hybridized carbons (Fsp3) is 1.00. The van der Waals surface area contributed by atoms with Crippen LogP contribution in [0.15, 0.2) is 0 Å². The molecule has 0 aromatic heterocycles. The maximum absolute atomic E-state index is 3.44. The zero-order valence-corrected chi connectivity index (χ0v) is 11.6. The Balaban J connectivity index is 1.84. The van der Waals surface area contributed by atoms with Gasteiger partial charge in [0.05, 0.1) is 4.87 Å². The van der Waals surface area contributed by atoms with Crippen LogP contribution in [0, 0.1) is 0 Å². The summed E-state index contributed by atoms with van der Waals surface area (Å²) in [6.07, 6.45) is 7.26. The minimum absolute atomic E-state index is 0.337. The highest BCUT2D eigenvalue weighted by Crippen LogP contribution is 2.38. The molecule has 1 heterocycles. The van der Waals surface area contributed by atoms with Crippen LogP contribution in [0.1, 0.15) is 46.0 Å². The van der Waals surface area contributed by atoms with E-state index in [4.69, 9.17) is 0 Å². The van der Waals surface area contributed by atoms with Crippen molar-refractivity contribution in [3.63, 3.8) is 0 Å². The average molecular weight is 242 g/mol. The summed E-state index contributed by atoms with van der Waals surface area (Å²) in [5.74, 6) is 0. The average Bonchev–Trinajstić information content (AvgIpc) is 2.31. The second-order valence-electron chi connectivity index (χ2n) is 5.56. The SMILES string of the molecule is CC(C)(SC1CCCCC1)N1CCNCC1. The van der Waals surface area contributed by atoms with Crippen LogP contribution in [-0.2, 0) is 0 Å². The summed E-state index contributed by atoms with van der Waals surface area (Å²) in [6.45, 7) is 9.58. The first kappa shape index (κ1) is 12.7. The van der Waals surface area contributed by atoms with Crippen molar-refractivity contribution in [2.45, 2.75) is 56.1 Å². The molecule has 1 saturated carbocycles. The van der Waals surface area contributed by atoms with Crippen LogP contribution in [-0.4, -0.2) is 41.2 Å². The van der Waals surface area contributed by atoms with Gasteiger partial charge in [-0.25, -0.2) is 0 Å². The summed E-state index contributed by atoms with van der Waals surface area (Å²) >= 11 is 2.23. The molecule has 0 aromatic rings. The molecule has 2 aliphatic rings. The third kappa shape index (κ3) is 3.38. The summed E-state index contributed by atoms with van der Waals surface area (Å²) in [5, 5.41) is 4.35. The molecule has 0 amide bonds. The minimum Gasteiger partial charge on any atom is -0.314 e. The van der Waals surface area contributed by atoms with E-state index in [0.717, 1.165) is 18.3 Å². The fourth-order valence-electron chi connectivity index (χ4n) is 2.87. The third-order valence-electron chi connectivity index (χ3n) is 3.89.